The van der Waals surface area contributed by atoms with Crippen LogP contribution in [0, 0.1) is 0 Å². The van der Waals surface area contributed by atoms with Crippen LogP contribution in [-0.2, 0) is 11.2 Å². The summed E-state index contributed by atoms with van der Waals surface area (Å²) < 4.78 is 10.2. The molecular weight excluding hydrogens is 210 g/mol. The first-order valence-electron chi connectivity index (χ1n) is 4.74. The summed E-state index contributed by atoms with van der Waals surface area (Å²) >= 11 is 0. The molecule has 1 rings (SSSR count). The standard InChI is InChI=1S/C11H15NO4/c1-12(14)11(13)7-8-4-5-9(15-2)10(6-8)16-3/h4-6,14H,7H2,1-3H3. The van der Waals surface area contributed by atoms with Crippen LogP contribution in [0.25, 0.3) is 0 Å². The number of rotatable bonds is 4. The molecule has 1 amide bonds. The maximum Gasteiger partial charge on any atom is 0.250 e. The van der Waals surface area contributed by atoms with Gasteiger partial charge in [-0.2, -0.15) is 0 Å². The Hall–Kier alpha value is -1.75. The lowest BCUT2D eigenvalue weighted by molar-refractivity contribution is -0.158. The van der Waals surface area contributed by atoms with Crippen molar-refractivity contribution in [2.75, 3.05) is 21.3 Å². The van der Waals surface area contributed by atoms with Crippen LogP contribution in [0.4, 0.5) is 0 Å². The third-order valence-corrected chi connectivity index (χ3v) is 2.16. The normalized spacial score (nSPS) is 9.75. The Labute approximate surface area is 94.2 Å². The number of amides is 1. The number of methoxy groups -OCH3 is 2. The highest BCUT2D eigenvalue weighted by atomic mass is 16.5. The molecule has 5 heteroatoms. The van der Waals surface area contributed by atoms with E-state index >= 15 is 0 Å². The zero-order valence-electron chi connectivity index (χ0n) is 9.56. The second-order valence-electron chi connectivity index (χ2n) is 3.28. The minimum absolute atomic E-state index is 0.118. The van der Waals surface area contributed by atoms with Crippen LogP contribution in [-0.4, -0.2) is 37.4 Å². The number of hydrogen-bond acceptors (Lipinski definition) is 4. The van der Waals surface area contributed by atoms with Gasteiger partial charge in [0.15, 0.2) is 11.5 Å². The summed E-state index contributed by atoms with van der Waals surface area (Å²) in [6.45, 7) is 0. The Morgan fingerprint density at radius 2 is 1.94 bits per heavy atom. The molecule has 0 aliphatic heterocycles. The van der Waals surface area contributed by atoms with Gasteiger partial charge in [0.2, 0.25) is 5.91 Å². The number of benzene rings is 1. The summed E-state index contributed by atoms with van der Waals surface area (Å²) in [6, 6.07) is 5.18. The summed E-state index contributed by atoms with van der Waals surface area (Å²) in [7, 11) is 4.37. The lowest BCUT2D eigenvalue weighted by Crippen LogP contribution is -2.24. The molecule has 0 aromatic heterocycles. The van der Waals surface area contributed by atoms with Gasteiger partial charge in [-0.3, -0.25) is 10.0 Å². The van der Waals surface area contributed by atoms with E-state index in [1.807, 2.05) is 0 Å². The molecule has 0 radical (unpaired) electrons. The molecule has 0 fully saturated rings. The van der Waals surface area contributed by atoms with Gasteiger partial charge in [0.05, 0.1) is 20.6 Å². The SMILES string of the molecule is COc1ccc(CC(=O)N(C)O)cc1OC. The molecule has 0 spiro atoms. The smallest absolute Gasteiger partial charge is 0.250 e. The fourth-order valence-electron chi connectivity index (χ4n) is 1.28. The zero-order valence-corrected chi connectivity index (χ0v) is 9.56. The molecule has 0 unspecified atom stereocenters. The van der Waals surface area contributed by atoms with Crippen molar-refractivity contribution in [2.45, 2.75) is 6.42 Å². The highest BCUT2D eigenvalue weighted by Crippen LogP contribution is 2.27. The van der Waals surface area contributed by atoms with Crippen LogP contribution in [0.2, 0.25) is 0 Å². The van der Waals surface area contributed by atoms with Gasteiger partial charge in [0.1, 0.15) is 0 Å². The maximum absolute atomic E-state index is 11.3. The number of likely N-dealkylation sites (N-methyl/N-ethyl adjacent to an activating group) is 1. The first kappa shape index (κ1) is 12.3. The molecule has 1 N–H and O–H groups in total. The van der Waals surface area contributed by atoms with Gasteiger partial charge >= 0.3 is 0 Å². The average molecular weight is 225 g/mol. The van der Waals surface area contributed by atoms with E-state index < -0.39 is 0 Å². The minimum Gasteiger partial charge on any atom is -0.493 e. The summed E-state index contributed by atoms with van der Waals surface area (Å²) in [5.41, 5.74) is 0.753. The van der Waals surface area contributed by atoms with Crippen LogP contribution < -0.4 is 9.47 Å². The first-order chi connectivity index (χ1) is 7.58. The van der Waals surface area contributed by atoms with Gasteiger partial charge in [0, 0.05) is 7.05 Å². The van der Waals surface area contributed by atoms with E-state index in [2.05, 4.69) is 0 Å². The third kappa shape index (κ3) is 2.87. The Bertz CT molecular complexity index is 376. The largest absolute Gasteiger partial charge is 0.493 e. The van der Waals surface area contributed by atoms with Crippen molar-refractivity contribution in [1.29, 1.82) is 0 Å². The molecule has 16 heavy (non-hydrogen) atoms. The number of carbonyl (C=O) groups is 1. The molecule has 0 bridgehead atoms. The maximum atomic E-state index is 11.3. The summed E-state index contributed by atoms with van der Waals surface area (Å²) in [5.74, 6) is 0.789. The lowest BCUT2D eigenvalue weighted by atomic mass is 10.1. The van der Waals surface area contributed by atoms with Crippen molar-refractivity contribution >= 4 is 5.91 Å². The van der Waals surface area contributed by atoms with Gasteiger partial charge in [-0.1, -0.05) is 6.07 Å². The summed E-state index contributed by atoms with van der Waals surface area (Å²) in [6.07, 6.45) is 0.118. The van der Waals surface area contributed by atoms with E-state index in [0.29, 0.717) is 16.6 Å². The van der Waals surface area contributed by atoms with Gasteiger partial charge < -0.3 is 9.47 Å². The van der Waals surface area contributed by atoms with E-state index in [-0.39, 0.29) is 12.3 Å². The van der Waals surface area contributed by atoms with Crippen molar-refractivity contribution in [3.63, 3.8) is 0 Å². The Balaban J connectivity index is 2.87. The Kier molecular flexibility index (Phi) is 4.13. The van der Waals surface area contributed by atoms with E-state index in [9.17, 15) is 4.79 Å². The number of hydroxylamine groups is 2. The van der Waals surface area contributed by atoms with E-state index in [0.717, 1.165) is 5.56 Å². The monoisotopic (exact) mass is 225 g/mol. The Morgan fingerprint density at radius 3 is 2.44 bits per heavy atom. The van der Waals surface area contributed by atoms with Gasteiger partial charge in [0.25, 0.3) is 0 Å². The van der Waals surface area contributed by atoms with E-state index in [1.165, 1.54) is 14.2 Å². The Morgan fingerprint density at radius 1 is 1.31 bits per heavy atom. The van der Waals surface area contributed by atoms with Crippen LogP contribution >= 0.6 is 0 Å². The van der Waals surface area contributed by atoms with Crippen LogP contribution in [0.5, 0.6) is 11.5 Å². The number of nitrogens with zero attached hydrogens (tertiary/aromatic N) is 1. The second-order valence-corrected chi connectivity index (χ2v) is 3.28. The van der Waals surface area contributed by atoms with E-state index in [1.54, 1.807) is 25.3 Å². The van der Waals surface area contributed by atoms with Crippen molar-refractivity contribution in [1.82, 2.24) is 5.06 Å². The summed E-state index contributed by atoms with van der Waals surface area (Å²) in [5, 5.41) is 9.50. The predicted molar refractivity (Wildman–Crippen MR) is 57.8 cm³/mol. The molecule has 0 heterocycles. The lowest BCUT2D eigenvalue weighted by Gasteiger charge is -2.11. The van der Waals surface area contributed by atoms with Crippen molar-refractivity contribution in [3.8, 4) is 11.5 Å². The third-order valence-electron chi connectivity index (χ3n) is 2.16. The molecule has 1 aromatic rings. The molecule has 0 aliphatic carbocycles. The molecule has 0 atom stereocenters. The molecule has 5 nitrogen and oxygen atoms in total. The fraction of sp³-hybridized carbons (Fsp3) is 0.364. The zero-order chi connectivity index (χ0) is 12.1. The van der Waals surface area contributed by atoms with Crippen molar-refractivity contribution in [2.24, 2.45) is 0 Å². The quantitative estimate of drug-likeness (QED) is 0.615. The van der Waals surface area contributed by atoms with Crippen molar-refractivity contribution < 1.29 is 19.5 Å². The highest BCUT2D eigenvalue weighted by molar-refractivity contribution is 5.77. The highest BCUT2D eigenvalue weighted by Gasteiger charge is 2.10. The molecular formula is C11H15NO4. The fourth-order valence-corrected chi connectivity index (χ4v) is 1.28. The molecule has 88 valence electrons. The van der Waals surface area contributed by atoms with Crippen molar-refractivity contribution in [3.05, 3.63) is 23.8 Å². The topological polar surface area (TPSA) is 59.0 Å². The van der Waals surface area contributed by atoms with Gasteiger partial charge in [-0.15, -0.1) is 0 Å². The van der Waals surface area contributed by atoms with Crippen LogP contribution in [0.1, 0.15) is 5.56 Å². The van der Waals surface area contributed by atoms with Crippen LogP contribution in [0.15, 0.2) is 18.2 Å². The average Bonchev–Trinajstić information content (AvgIpc) is 2.28. The first-order valence-corrected chi connectivity index (χ1v) is 4.74. The minimum atomic E-state index is -0.382. The predicted octanol–water partition coefficient (Wildman–Crippen LogP) is 1.09. The second kappa shape index (κ2) is 5.37. The number of ether oxygens (including phenoxy) is 2. The molecule has 0 saturated carbocycles. The number of hydrogen-bond donors (Lipinski definition) is 1. The molecule has 1 aromatic carbocycles. The van der Waals surface area contributed by atoms with Gasteiger partial charge in [-0.25, -0.2) is 5.06 Å². The van der Waals surface area contributed by atoms with E-state index in [4.69, 9.17) is 14.7 Å². The summed E-state index contributed by atoms with van der Waals surface area (Å²) in [4.78, 5) is 11.3. The van der Waals surface area contributed by atoms with Crippen LogP contribution in [0.3, 0.4) is 0 Å². The number of carbonyl (C=O) groups excluding carboxylic acids is 1. The molecule has 0 saturated heterocycles. The molecule has 0 aliphatic rings. The van der Waals surface area contributed by atoms with Gasteiger partial charge in [-0.05, 0) is 17.7 Å².